The first-order valence-corrected chi connectivity index (χ1v) is 2.40. The first kappa shape index (κ1) is 5.06. The minimum absolute atomic E-state index is 0.514. The van der Waals surface area contributed by atoms with Gasteiger partial charge in [-0.2, -0.15) is 0 Å². The van der Waals surface area contributed by atoms with E-state index in [1.165, 1.54) is 0 Å². The van der Waals surface area contributed by atoms with Gasteiger partial charge in [0.2, 0.25) is 0 Å². The average molecular weight is 102 g/mol. The SMILES string of the molecule is C[C@]1(O)C[C@@]1(C)O. The molecule has 1 rings (SSSR count). The summed E-state index contributed by atoms with van der Waals surface area (Å²) in [6.45, 7) is 3.26. The summed E-state index contributed by atoms with van der Waals surface area (Å²) in [5.74, 6) is 0. The summed E-state index contributed by atoms with van der Waals surface area (Å²) in [7, 11) is 0. The fourth-order valence-electron chi connectivity index (χ4n) is 0.626. The summed E-state index contributed by atoms with van der Waals surface area (Å²) < 4.78 is 0. The second-order valence-electron chi connectivity index (χ2n) is 2.72. The van der Waals surface area contributed by atoms with Gasteiger partial charge in [0.25, 0.3) is 0 Å². The van der Waals surface area contributed by atoms with Crippen LogP contribution in [-0.2, 0) is 0 Å². The molecule has 0 spiro atoms. The van der Waals surface area contributed by atoms with Crippen molar-refractivity contribution >= 4 is 0 Å². The van der Waals surface area contributed by atoms with E-state index in [2.05, 4.69) is 0 Å². The molecule has 2 atom stereocenters. The van der Waals surface area contributed by atoms with E-state index in [1.807, 2.05) is 0 Å². The van der Waals surface area contributed by atoms with Crippen molar-refractivity contribution in [2.24, 2.45) is 0 Å². The summed E-state index contributed by atoms with van der Waals surface area (Å²) in [6, 6.07) is 0. The Bertz CT molecular complexity index is 82.3. The van der Waals surface area contributed by atoms with Crippen LogP contribution in [0.3, 0.4) is 0 Å². The van der Waals surface area contributed by atoms with Crippen molar-refractivity contribution in [3.63, 3.8) is 0 Å². The molecule has 0 aromatic heterocycles. The molecule has 0 aliphatic heterocycles. The maximum Gasteiger partial charge on any atom is 0.0932 e. The van der Waals surface area contributed by atoms with Gasteiger partial charge in [-0.05, 0) is 13.8 Å². The van der Waals surface area contributed by atoms with Crippen LogP contribution in [0, 0.1) is 0 Å². The summed E-state index contributed by atoms with van der Waals surface area (Å²) in [6.07, 6.45) is 0.514. The third-order valence-corrected chi connectivity index (χ3v) is 1.72. The van der Waals surface area contributed by atoms with E-state index in [0.29, 0.717) is 6.42 Å². The monoisotopic (exact) mass is 102 g/mol. The topological polar surface area (TPSA) is 40.5 Å². The molecule has 0 bridgehead atoms. The fraction of sp³-hybridized carbons (Fsp3) is 1.00. The lowest BCUT2D eigenvalue weighted by molar-refractivity contribution is 0.0438. The van der Waals surface area contributed by atoms with E-state index >= 15 is 0 Å². The Hall–Kier alpha value is -0.0800. The molecule has 42 valence electrons. The third kappa shape index (κ3) is 0.545. The van der Waals surface area contributed by atoms with Crippen LogP contribution in [-0.4, -0.2) is 21.4 Å². The van der Waals surface area contributed by atoms with Gasteiger partial charge in [0.1, 0.15) is 0 Å². The van der Waals surface area contributed by atoms with Crippen molar-refractivity contribution < 1.29 is 10.2 Å². The van der Waals surface area contributed by atoms with Crippen LogP contribution in [0.5, 0.6) is 0 Å². The van der Waals surface area contributed by atoms with E-state index < -0.39 is 11.2 Å². The van der Waals surface area contributed by atoms with E-state index in [1.54, 1.807) is 13.8 Å². The normalized spacial score (nSPS) is 60.0. The predicted octanol–water partition coefficient (Wildman–Crippen LogP) is -0.108. The summed E-state index contributed by atoms with van der Waals surface area (Å²) >= 11 is 0. The van der Waals surface area contributed by atoms with Gasteiger partial charge in [-0.15, -0.1) is 0 Å². The molecular formula is C5H10O2. The zero-order valence-electron chi connectivity index (χ0n) is 4.60. The van der Waals surface area contributed by atoms with Gasteiger partial charge in [-0.3, -0.25) is 0 Å². The minimum atomic E-state index is -0.799. The highest BCUT2D eigenvalue weighted by molar-refractivity contribution is 5.12. The van der Waals surface area contributed by atoms with E-state index in [-0.39, 0.29) is 0 Å². The van der Waals surface area contributed by atoms with Gasteiger partial charge in [0.05, 0.1) is 11.2 Å². The molecule has 2 nitrogen and oxygen atoms in total. The molecule has 2 N–H and O–H groups in total. The summed E-state index contributed by atoms with van der Waals surface area (Å²) in [4.78, 5) is 0. The number of rotatable bonds is 0. The van der Waals surface area contributed by atoms with Gasteiger partial charge in [-0.25, -0.2) is 0 Å². The molecule has 0 amide bonds. The molecule has 7 heavy (non-hydrogen) atoms. The van der Waals surface area contributed by atoms with Gasteiger partial charge in [0.15, 0.2) is 0 Å². The van der Waals surface area contributed by atoms with Crippen molar-refractivity contribution in [2.75, 3.05) is 0 Å². The van der Waals surface area contributed by atoms with E-state index in [4.69, 9.17) is 10.2 Å². The van der Waals surface area contributed by atoms with Crippen LogP contribution in [0.15, 0.2) is 0 Å². The van der Waals surface area contributed by atoms with E-state index in [9.17, 15) is 0 Å². The zero-order chi connectivity index (χ0) is 5.71. The smallest absolute Gasteiger partial charge is 0.0932 e. The predicted molar refractivity (Wildman–Crippen MR) is 25.9 cm³/mol. The lowest BCUT2D eigenvalue weighted by atomic mass is 10.3. The van der Waals surface area contributed by atoms with Crippen LogP contribution in [0.25, 0.3) is 0 Å². The molecule has 0 aromatic rings. The Morgan fingerprint density at radius 3 is 1.29 bits per heavy atom. The second kappa shape index (κ2) is 0.858. The maximum atomic E-state index is 8.91. The second-order valence-corrected chi connectivity index (χ2v) is 2.72. The molecule has 0 radical (unpaired) electrons. The van der Waals surface area contributed by atoms with Gasteiger partial charge >= 0.3 is 0 Å². The van der Waals surface area contributed by atoms with Crippen LogP contribution in [0.2, 0.25) is 0 Å². The van der Waals surface area contributed by atoms with Crippen molar-refractivity contribution in [3.8, 4) is 0 Å². The Labute approximate surface area is 42.8 Å². The van der Waals surface area contributed by atoms with Crippen molar-refractivity contribution in [2.45, 2.75) is 31.5 Å². The van der Waals surface area contributed by atoms with Gasteiger partial charge in [-0.1, -0.05) is 0 Å². The summed E-state index contributed by atoms with van der Waals surface area (Å²) in [5.41, 5.74) is -1.60. The molecule has 0 heterocycles. The van der Waals surface area contributed by atoms with Crippen LogP contribution < -0.4 is 0 Å². The van der Waals surface area contributed by atoms with Gasteiger partial charge in [0, 0.05) is 6.42 Å². The largest absolute Gasteiger partial charge is 0.387 e. The molecule has 1 aliphatic rings. The molecule has 1 saturated carbocycles. The molecular weight excluding hydrogens is 92.1 g/mol. The number of aliphatic hydroxyl groups is 2. The lowest BCUT2D eigenvalue weighted by Gasteiger charge is -2.02. The van der Waals surface area contributed by atoms with Gasteiger partial charge < -0.3 is 10.2 Å². The molecule has 0 unspecified atom stereocenters. The van der Waals surface area contributed by atoms with Crippen LogP contribution in [0.4, 0.5) is 0 Å². The van der Waals surface area contributed by atoms with Crippen LogP contribution in [0.1, 0.15) is 20.3 Å². The quantitative estimate of drug-likeness (QED) is 0.448. The first-order valence-electron chi connectivity index (χ1n) is 2.40. The highest BCUT2D eigenvalue weighted by Crippen LogP contribution is 2.46. The fourth-order valence-corrected chi connectivity index (χ4v) is 0.626. The molecule has 2 heteroatoms. The molecule has 1 aliphatic carbocycles. The Balaban J connectivity index is 2.59. The van der Waals surface area contributed by atoms with Crippen LogP contribution >= 0.6 is 0 Å². The first-order chi connectivity index (χ1) is 2.96. The highest BCUT2D eigenvalue weighted by atomic mass is 16.4. The van der Waals surface area contributed by atoms with Crippen molar-refractivity contribution in [1.29, 1.82) is 0 Å². The summed E-state index contributed by atoms with van der Waals surface area (Å²) in [5, 5.41) is 17.8. The van der Waals surface area contributed by atoms with E-state index in [0.717, 1.165) is 0 Å². The van der Waals surface area contributed by atoms with Crippen molar-refractivity contribution in [1.82, 2.24) is 0 Å². The number of hydrogen-bond donors (Lipinski definition) is 2. The zero-order valence-corrected chi connectivity index (χ0v) is 4.60. The Morgan fingerprint density at radius 2 is 1.29 bits per heavy atom. The Morgan fingerprint density at radius 1 is 1.14 bits per heavy atom. The number of hydrogen-bond acceptors (Lipinski definition) is 2. The average Bonchev–Trinajstić information content (AvgIpc) is 1.63. The molecule has 1 fully saturated rings. The highest BCUT2D eigenvalue weighted by Gasteiger charge is 2.59. The molecule has 0 saturated heterocycles. The molecule has 0 aromatic carbocycles. The minimum Gasteiger partial charge on any atom is -0.387 e. The van der Waals surface area contributed by atoms with Crippen molar-refractivity contribution in [3.05, 3.63) is 0 Å². The third-order valence-electron chi connectivity index (χ3n) is 1.72. The standard InChI is InChI=1S/C5H10O2/c1-4(6)3-5(4,2)7/h6-7H,3H2,1-2H3/t4-,5+. The Kier molecular flexibility index (Phi) is 0.621. The lowest BCUT2D eigenvalue weighted by Crippen LogP contribution is -2.17. The maximum absolute atomic E-state index is 8.91.